The van der Waals surface area contributed by atoms with Crippen molar-refractivity contribution < 1.29 is 19.8 Å². The van der Waals surface area contributed by atoms with Gasteiger partial charge >= 0.3 is 0 Å². The molecule has 0 fully saturated rings. The molecule has 1 aliphatic carbocycles. The van der Waals surface area contributed by atoms with E-state index >= 15 is 0 Å². The Morgan fingerprint density at radius 2 is 1.27 bits per heavy atom. The number of benzene rings is 2. The summed E-state index contributed by atoms with van der Waals surface area (Å²) in [6.45, 7) is 15.8. The number of amides is 2. The first-order valence-corrected chi connectivity index (χ1v) is 13.8. The number of aliphatic hydroxyl groups excluding tert-OH is 2. The summed E-state index contributed by atoms with van der Waals surface area (Å²) in [7, 11) is 4.09. The molecule has 0 saturated carbocycles. The van der Waals surface area contributed by atoms with E-state index in [-0.39, 0.29) is 57.5 Å². The van der Waals surface area contributed by atoms with Crippen LogP contribution in [0.2, 0.25) is 0 Å². The third-order valence-corrected chi connectivity index (χ3v) is 9.70. The largest absolute Gasteiger partial charge is 0.506 e. The van der Waals surface area contributed by atoms with E-state index < -0.39 is 0 Å². The molecule has 0 saturated heterocycles. The molecule has 2 unspecified atom stereocenters. The second kappa shape index (κ2) is 8.86. The summed E-state index contributed by atoms with van der Waals surface area (Å²) < 4.78 is 0. The molecule has 8 heteroatoms. The fraction of sp³-hybridized carbons (Fsp3) is 0.438. The Bertz CT molecular complexity index is 1420. The second-order valence-electron chi connectivity index (χ2n) is 12.6. The van der Waals surface area contributed by atoms with E-state index in [1.54, 1.807) is 0 Å². The van der Waals surface area contributed by atoms with Crippen LogP contribution in [0, 0.1) is 0 Å². The van der Waals surface area contributed by atoms with Crippen LogP contribution in [0.4, 0.5) is 17.1 Å². The topological polar surface area (TPSA) is 105 Å². The van der Waals surface area contributed by atoms with Crippen molar-refractivity contribution in [3.05, 3.63) is 63.6 Å². The molecule has 5 rings (SSSR count). The quantitative estimate of drug-likeness (QED) is 0.365. The van der Waals surface area contributed by atoms with Crippen molar-refractivity contribution in [1.29, 1.82) is 0 Å². The highest BCUT2D eigenvalue weighted by molar-refractivity contribution is 6.12. The van der Waals surface area contributed by atoms with Gasteiger partial charge in [0.25, 0.3) is 0 Å². The average molecular weight is 545 g/mol. The van der Waals surface area contributed by atoms with Gasteiger partial charge in [-0.25, -0.2) is 0 Å². The Morgan fingerprint density at radius 1 is 0.800 bits per heavy atom. The lowest BCUT2D eigenvalue weighted by Gasteiger charge is -2.32. The summed E-state index contributed by atoms with van der Waals surface area (Å²) in [4.78, 5) is 28.8. The lowest BCUT2D eigenvalue weighted by molar-refractivity contribution is -0.115. The van der Waals surface area contributed by atoms with Gasteiger partial charge in [0.1, 0.15) is 11.5 Å². The van der Waals surface area contributed by atoms with E-state index in [1.807, 2.05) is 31.3 Å². The zero-order valence-electron chi connectivity index (χ0n) is 25.1. The van der Waals surface area contributed by atoms with E-state index in [1.165, 1.54) is 13.8 Å². The molecule has 2 aromatic carbocycles. The number of fused-ring (bicyclic) bond motifs is 2. The van der Waals surface area contributed by atoms with Crippen LogP contribution >= 0.6 is 0 Å². The van der Waals surface area contributed by atoms with Crippen molar-refractivity contribution in [2.75, 3.05) is 29.6 Å². The number of rotatable bonds is 4. The molecule has 4 N–H and O–H groups in total. The molecule has 40 heavy (non-hydrogen) atoms. The maximum atomic E-state index is 12.2. The normalized spacial score (nSPS) is 22.7. The highest BCUT2D eigenvalue weighted by Crippen LogP contribution is 2.54. The van der Waals surface area contributed by atoms with Gasteiger partial charge in [-0.1, -0.05) is 13.8 Å². The number of carbonyl (C=O) groups is 2. The molecular weight excluding hydrogens is 504 g/mol. The molecule has 3 aliphatic rings. The van der Waals surface area contributed by atoms with Crippen LogP contribution in [0.1, 0.15) is 89.2 Å². The average Bonchev–Trinajstić information content (AvgIpc) is 3.13. The van der Waals surface area contributed by atoms with Gasteiger partial charge in [-0.05, 0) is 75.7 Å². The van der Waals surface area contributed by atoms with Crippen molar-refractivity contribution in [2.24, 2.45) is 0 Å². The van der Waals surface area contributed by atoms with Crippen molar-refractivity contribution in [3.8, 4) is 0 Å². The summed E-state index contributed by atoms with van der Waals surface area (Å²) in [5.41, 5.74) is 6.47. The highest BCUT2D eigenvalue weighted by Gasteiger charge is 2.44. The zero-order chi connectivity index (χ0) is 29.6. The van der Waals surface area contributed by atoms with E-state index in [4.69, 9.17) is 0 Å². The van der Waals surface area contributed by atoms with E-state index in [2.05, 4.69) is 69.0 Å². The predicted octanol–water partition coefficient (Wildman–Crippen LogP) is 6.21. The predicted molar refractivity (Wildman–Crippen MR) is 161 cm³/mol. The molecule has 2 aliphatic heterocycles. The number of likely N-dealkylation sites (N-methyl/N-ethyl adjacent to an activating group) is 1. The minimum absolute atomic E-state index is 0.0787. The summed E-state index contributed by atoms with van der Waals surface area (Å²) in [6.07, 6.45) is 0. The molecule has 0 radical (unpaired) electrons. The van der Waals surface area contributed by atoms with Crippen molar-refractivity contribution in [3.63, 3.8) is 0 Å². The van der Waals surface area contributed by atoms with E-state index in [9.17, 15) is 19.8 Å². The highest BCUT2D eigenvalue weighted by atomic mass is 16.3. The molecule has 212 valence electrons. The molecule has 2 amide bonds. The minimum Gasteiger partial charge on any atom is -0.506 e. The number of nitrogens with zero attached hydrogens (tertiary/aromatic N) is 2. The van der Waals surface area contributed by atoms with Crippen LogP contribution in [-0.2, 0) is 20.5 Å². The first-order chi connectivity index (χ1) is 18.5. The van der Waals surface area contributed by atoms with Gasteiger partial charge in [-0.15, -0.1) is 0 Å². The summed E-state index contributed by atoms with van der Waals surface area (Å²) >= 11 is 0. The Hall–Kier alpha value is -3.78. The first kappa shape index (κ1) is 27.8. The Balaban J connectivity index is 1.68. The van der Waals surface area contributed by atoms with Gasteiger partial charge in [0.05, 0.1) is 16.8 Å². The van der Waals surface area contributed by atoms with Crippen LogP contribution in [0.3, 0.4) is 0 Å². The molecule has 2 heterocycles. The number of anilines is 3. The summed E-state index contributed by atoms with van der Waals surface area (Å²) in [6, 6.07) is 8.14. The van der Waals surface area contributed by atoms with Gasteiger partial charge in [0.15, 0.2) is 0 Å². The van der Waals surface area contributed by atoms with Gasteiger partial charge < -0.3 is 25.7 Å². The molecule has 2 aromatic rings. The molecular formula is C32H40N4O4. The standard InChI is InChI=1S/C32H40N4O4/c1-15-19-13-24(33-17(3)37)20(11-22(19)32(7,8)36(15)10)27-29(39)28(30(27)40)21-12-23-26(14-25(21)34-18(4)38)35(9)16(2)31(23,5)6/h11-16,39-40H,1-10H3,(H,33,37)(H,34,38). The first-order valence-electron chi connectivity index (χ1n) is 13.8. The van der Waals surface area contributed by atoms with Crippen molar-refractivity contribution in [1.82, 2.24) is 4.90 Å². The fourth-order valence-electron chi connectivity index (χ4n) is 6.61. The van der Waals surface area contributed by atoms with Crippen LogP contribution in [0.25, 0.3) is 11.1 Å². The third kappa shape index (κ3) is 3.76. The van der Waals surface area contributed by atoms with Crippen molar-refractivity contribution in [2.45, 2.75) is 78.4 Å². The molecule has 0 spiro atoms. The smallest absolute Gasteiger partial charge is 0.221 e. The summed E-state index contributed by atoms with van der Waals surface area (Å²) in [5.74, 6) is -0.644. The van der Waals surface area contributed by atoms with Gasteiger partial charge in [-0.2, -0.15) is 0 Å². The van der Waals surface area contributed by atoms with E-state index in [0.29, 0.717) is 22.5 Å². The van der Waals surface area contributed by atoms with Crippen LogP contribution in [0.15, 0.2) is 35.8 Å². The molecule has 8 nitrogen and oxygen atoms in total. The number of aliphatic hydroxyl groups is 2. The monoisotopic (exact) mass is 544 g/mol. The fourth-order valence-corrected chi connectivity index (χ4v) is 6.61. The molecule has 0 bridgehead atoms. The van der Waals surface area contributed by atoms with Gasteiger partial charge in [0.2, 0.25) is 11.8 Å². The van der Waals surface area contributed by atoms with Gasteiger partial charge in [0, 0.05) is 66.4 Å². The number of allylic oxidation sites excluding steroid dienone is 2. The molecule has 2 atom stereocenters. The number of hydrogen-bond donors (Lipinski definition) is 4. The molecule has 0 aromatic heterocycles. The third-order valence-electron chi connectivity index (χ3n) is 9.70. The SMILES string of the molecule is CC(=O)Nc1cc2c(cc1C1=C(O)C(c3cc4c(cc3NC(C)=O)C(C)N(C)C4(C)C)=C1O)C(C)(C)C(C)N2C. The van der Waals surface area contributed by atoms with Crippen LogP contribution < -0.4 is 15.5 Å². The summed E-state index contributed by atoms with van der Waals surface area (Å²) in [5, 5.41) is 28.9. The maximum absolute atomic E-state index is 12.2. The zero-order valence-corrected chi connectivity index (χ0v) is 25.1. The Morgan fingerprint density at radius 3 is 1.77 bits per heavy atom. The number of nitrogens with one attached hydrogen (secondary N) is 2. The van der Waals surface area contributed by atoms with E-state index in [0.717, 1.165) is 22.4 Å². The van der Waals surface area contributed by atoms with Crippen LogP contribution in [-0.4, -0.2) is 47.1 Å². The number of carbonyl (C=O) groups excluding carboxylic acids is 2. The van der Waals surface area contributed by atoms with Gasteiger partial charge in [-0.3, -0.25) is 14.5 Å². The second-order valence-corrected chi connectivity index (χ2v) is 12.6. The minimum atomic E-state index is -0.285. The Labute approximate surface area is 236 Å². The Kier molecular flexibility index (Phi) is 6.15. The lowest BCUT2D eigenvalue weighted by atomic mass is 9.77. The van der Waals surface area contributed by atoms with Crippen LogP contribution in [0.5, 0.6) is 0 Å². The lowest BCUT2D eigenvalue weighted by Crippen LogP contribution is -2.36. The number of hydrogen-bond acceptors (Lipinski definition) is 6. The van der Waals surface area contributed by atoms with Crippen molar-refractivity contribution >= 4 is 40.0 Å². The maximum Gasteiger partial charge on any atom is 0.221 e.